The lowest BCUT2D eigenvalue weighted by molar-refractivity contribution is 0.0283. The number of methoxy groups -OCH3 is 1. The number of pyridine rings is 1. The summed E-state index contributed by atoms with van der Waals surface area (Å²) in [6.45, 7) is 9.00. The van der Waals surface area contributed by atoms with Gasteiger partial charge in [-0.2, -0.15) is 0 Å². The average Bonchev–Trinajstić information content (AvgIpc) is 3.23. The molecule has 4 aromatic carbocycles. The fourth-order valence-corrected chi connectivity index (χ4v) is 9.25. The summed E-state index contributed by atoms with van der Waals surface area (Å²) < 4.78 is 29.2. The molecule has 8 rings (SSSR count). The fourth-order valence-electron chi connectivity index (χ4n) is 6.84. The number of benzene rings is 4. The first-order valence-corrected chi connectivity index (χ1v) is 20.2. The van der Waals surface area contributed by atoms with Gasteiger partial charge in [-0.3, -0.25) is 4.90 Å². The van der Waals surface area contributed by atoms with E-state index in [0.717, 1.165) is 79.9 Å². The van der Waals surface area contributed by atoms with Gasteiger partial charge in [-0.1, -0.05) is 78.1 Å². The molecule has 1 unspecified atom stereocenters. The van der Waals surface area contributed by atoms with E-state index in [1.165, 1.54) is 25.1 Å². The zero-order valence-electron chi connectivity index (χ0n) is 30.6. The number of nitrogens with one attached hydrogen (secondary N) is 1. The third-order valence-electron chi connectivity index (χ3n) is 9.72. The first-order valence-electron chi connectivity index (χ1n) is 18.6. The van der Waals surface area contributed by atoms with Gasteiger partial charge in [-0.25, -0.2) is 4.98 Å². The second-order valence-electron chi connectivity index (χ2n) is 13.5. The maximum absolute atomic E-state index is 6.35. The quantitative estimate of drug-likeness (QED) is 0.117. The Kier molecular flexibility index (Phi) is 12.2. The number of ether oxygens (including phenoxy) is 5. The summed E-state index contributed by atoms with van der Waals surface area (Å²) in [5.41, 5.74) is 6.43. The number of hydrogen-bond donors (Lipinski definition) is 1. The summed E-state index contributed by atoms with van der Waals surface area (Å²) >= 11 is 3.63. The first kappa shape index (κ1) is 36.7. The van der Waals surface area contributed by atoms with Crippen molar-refractivity contribution in [2.75, 3.05) is 83.1 Å². The predicted molar refractivity (Wildman–Crippen MR) is 215 cm³/mol. The molecule has 2 saturated heterocycles. The van der Waals surface area contributed by atoms with Gasteiger partial charge < -0.3 is 33.9 Å². The van der Waals surface area contributed by atoms with Crippen LogP contribution in [0, 0.1) is 0 Å². The van der Waals surface area contributed by atoms with Crippen molar-refractivity contribution in [2.45, 2.75) is 38.8 Å². The van der Waals surface area contributed by atoms with Gasteiger partial charge in [0.15, 0.2) is 0 Å². The van der Waals surface area contributed by atoms with Crippen molar-refractivity contribution in [1.82, 2.24) is 9.88 Å². The van der Waals surface area contributed by atoms with Crippen molar-refractivity contribution in [2.24, 2.45) is 0 Å². The Morgan fingerprint density at radius 2 is 1.52 bits per heavy atom. The highest BCUT2D eigenvalue weighted by Crippen LogP contribution is 2.52. The summed E-state index contributed by atoms with van der Waals surface area (Å²) in [5.74, 6) is 1.43. The van der Waals surface area contributed by atoms with E-state index >= 15 is 0 Å². The van der Waals surface area contributed by atoms with Crippen LogP contribution in [0.2, 0.25) is 0 Å². The van der Waals surface area contributed by atoms with Crippen LogP contribution in [-0.2, 0) is 27.4 Å². The number of morpholine rings is 2. The molecule has 0 saturated carbocycles. The zero-order valence-corrected chi connectivity index (χ0v) is 32.2. The second-order valence-corrected chi connectivity index (χ2v) is 15.7. The highest BCUT2D eigenvalue weighted by Gasteiger charge is 2.24. The second kappa shape index (κ2) is 17.9. The monoisotopic (exact) mass is 762 g/mol. The standard InChI is InChI=1S/C43H46N4O5S2/c1-48-36-13-10-32(11-14-36)29-52-42-26-35(47-18-22-50-23-19-47)25-38(45-42)37-8-5-9-40-43(37)54-39-15-12-33(24-41(39)53-40)44-34(27-46-16-20-49-21-17-46)30-51-28-31-6-3-2-4-7-31/h2-15,24-26,34,44H,16-23,27-30H2,1H3. The smallest absolute Gasteiger partial charge is 0.216 e. The molecular formula is C43H46N4O5S2. The van der Waals surface area contributed by atoms with E-state index < -0.39 is 0 Å². The molecule has 0 radical (unpaired) electrons. The minimum absolute atomic E-state index is 0.135. The van der Waals surface area contributed by atoms with E-state index in [4.69, 9.17) is 28.7 Å². The maximum Gasteiger partial charge on any atom is 0.216 e. The van der Waals surface area contributed by atoms with Crippen LogP contribution in [-0.4, -0.2) is 88.8 Å². The van der Waals surface area contributed by atoms with Crippen LogP contribution >= 0.6 is 23.5 Å². The third kappa shape index (κ3) is 9.34. The van der Waals surface area contributed by atoms with E-state index in [0.29, 0.717) is 38.9 Å². The van der Waals surface area contributed by atoms with Crippen LogP contribution in [0.25, 0.3) is 11.3 Å². The Morgan fingerprint density at radius 3 is 2.31 bits per heavy atom. The van der Waals surface area contributed by atoms with Gasteiger partial charge in [0.2, 0.25) is 5.88 Å². The topological polar surface area (TPSA) is 77.5 Å². The molecule has 0 bridgehead atoms. The summed E-state index contributed by atoms with van der Waals surface area (Å²) in [7, 11) is 1.68. The molecule has 1 N–H and O–H groups in total. The number of fused-ring (bicyclic) bond motifs is 2. The highest BCUT2D eigenvalue weighted by molar-refractivity contribution is 8.05. The molecule has 2 fully saturated rings. The van der Waals surface area contributed by atoms with Crippen LogP contribution in [0.5, 0.6) is 11.6 Å². The molecule has 0 spiro atoms. The van der Waals surface area contributed by atoms with Crippen molar-refractivity contribution in [3.8, 4) is 22.9 Å². The van der Waals surface area contributed by atoms with Gasteiger partial charge in [0, 0.05) is 75.3 Å². The largest absolute Gasteiger partial charge is 0.497 e. The molecule has 0 aliphatic carbocycles. The lowest BCUT2D eigenvalue weighted by atomic mass is 10.1. The normalized spacial score (nSPS) is 16.3. The maximum atomic E-state index is 6.35. The van der Waals surface area contributed by atoms with Gasteiger partial charge in [-0.15, -0.1) is 0 Å². The van der Waals surface area contributed by atoms with E-state index in [1.807, 2.05) is 53.9 Å². The molecular weight excluding hydrogens is 717 g/mol. The molecule has 280 valence electrons. The van der Waals surface area contributed by atoms with Crippen LogP contribution < -0.4 is 19.7 Å². The van der Waals surface area contributed by atoms with Crippen LogP contribution in [0.15, 0.2) is 123 Å². The summed E-state index contributed by atoms with van der Waals surface area (Å²) in [6, 6.07) is 36.0. The number of hydrogen-bond acceptors (Lipinski definition) is 11. The van der Waals surface area contributed by atoms with Gasteiger partial charge in [0.25, 0.3) is 0 Å². The Balaban J connectivity index is 1.01. The van der Waals surface area contributed by atoms with E-state index in [9.17, 15) is 0 Å². The summed E-state index contributed by atoms with van der Waals surface area (Å²) in [4.78, 5) is 14.8. The highest BCUT2D eigenvalue weighted by atomic mass is 32.2. The molecule has 3 aliphatic heterocycles. The minimum Gasteiger partial charge on any atom is -0.497 e. The average molecular weight is 763 g/mol. The minimum atomic E-state index is 0.135. The van der Waals surface area contributed by atoms with Crippen molar-refractivity contribution < 1.29 is 23.7 Å². The molecule has 3 aliphatic rings. The van der Waals surface area contributed by atoms with Gasteiger partial charge in [-0.05, 0) is 53.6 Å². The lowest BCUT2D eigenvalue weighted by Crippen LogP contribution is -2.44. The molecule has 54 heavy (non-hydrogen) atoms. The fraction of sp³-hybridized carbons (Fsp3) is 0.326. The molecule has 9 nitrogen and oxygen atoms in total. The summed E-state index contributed by atoms with van der Waals surface area (Å²) in [6.07, 6.45) is 0. The van der Waals surface area contributed by atoms with Crippen LogP contribution in [0.1, 0.15) is 11.1 Å². The van der Waals surface area contributed by atoms with E-state index in [1.54, 1.807) is 7.11 Å². The molecule has 0 amide bonds. The van der Waals surface area contributed by atoms with Crippen molar-refractivity contribution >= 4 is 34.9 Å². The molecule has 5 aromatic rings. The van der Waals surface area contributed by atoms with Crippen molar-refractivity contribution in [1.29, 1.82) is 0 Å². The number of nitrogens with zero attached hydrogens (tertiary/aromatic N) is 3. The van der Waals surface area contributed by atoms with E-state index in [2.05, 4.69) is 87.9 Å². The Hall–Kier alpha value is -4.23. The van der Waals surface area contributed by atoms with Crippen LogP contribution in [0.4, 0.5) is 11.4 Å². The molecule has 11 heteroatoms. The van der Waals surface area contributed by atoms with Crippen molar-refractivity contribution in [3.63, 3.8) is 0 Å². The molecule has 1 atom stereocenters. The Labute approximate surface area is 326 Å². The van der Waals surface area contributed by atoms with Gasteiger partial charge >= 0.3 is 0 Å². The van der Waals surface area contributed by atoms with Gasteiger partial charge in [0.1, 0.15) is 12.4 Å². The number of rotatable bonds is 14. The van der Waals surface area contributed by atoms with Gasteiger partial charge in [0.05, 0.1) is 58.5 Å². The lowest BCUT2D eigenvalue weighted by Gasteiger charge is -2.31. The van der Waals surface area contributed by atoms with E-state index in [-0.39, 0.29) is 6.04 Å². The van der Waals surface area contributed by atoms with Crippen molar-refractivity contribution in [3.05, 3.63) is 114 Å². The zero-order chi connectivity index (χ0) is 36.5. The SMILES string of the molecule is COc1ccc(COc2cc(N3CCOCC3)cc(-c3cccc4c3Sc3ccc(NC(COCc5ccccc5)CN5CCOCC5)cc3S4)n2)cc1. The third-order valence-corrected chi connectivity index (χ3v) is 12.3. The predicted octanol–water partition coefficient (Wildman–Crippen LogP) is 8.12. The Morgan fingerprint density at radius 1 is 0.741 bits per heavy atom. The summed E-state index contributed by atoms with van der Waals surface area (Å²) in [5, 5.41) is 3.82. The van der Waals surface area contributed by atoms with Crippen LogP contribution in [0.3, 0.4) is 0 Å². The first-order chi connectivity index (χ1) is 26.7. The molecule has 1 aromatic heterocycles. The number of aromatic nitrogens is 1. The Bertz CT molecular complexity index is 1990. The number of anilines is 2. The molecule has 4 heterocycles.